The Kier molecular flexibility index (Phi) is 7.11. The molecular formula is C22H26N2O6. The van der Waals surface area contributed by atoms with E-state index in [1.54, 1.807) is 38.3 Å². The van der Waals surface area contributed by atoms with Gasteiger partial charge in [-0.15, -0.1) is 0 Å². The third kappa shape index (κ3) is 5.00. The first-order valence-corrected chi connectivity index (χ1v) is 9.96. The molecule has 30 heavy (non-hydrogen) atoms. The van der Waals surface area contributed by atoms with Gasteiger partial charge < -0.3 is 24.8 Å². The van der Waals surface area contributed by atoms with Crippen molar-refractivity contribution in [2.75, 3.05) is 20.3 Å². The van der Waals surface area contributed by atoms with Gasteiger partial charge >= 0.3 is 18.0 Å². The third-order valence-electron chi connectivity index (χ3n) is 5.06. The zero-order valence-electron chi connectivity index (χ0n) is 17.1. The van der Waals surface area contributed by atoms with Gasteiger partial charge in [0.15, 0.2) is 0 Å². The lowest BCUT2D eigenvalue weighted by atomic mass is 9.94. The number of urea groups is 1. The maximum Gasteiger partial charge on any atom is 0.338 e. The Morgan fingerprint density at radius 3 is 2.53 bits per heavy atom. The fourth-order valence-electron chi connectivity index (χ4n) is 3.50. The van der Waals surface area contributed by atoms with Gasteiger partial charge in [0.2, 0.25) is 0 Å². The van der Waals surface area contributed by atoms with Crippen LogP contribution in [0.5, 0.6) is 5.75 Å². The van der Waals surface area contributed by atoms with Crippen molar-refractivity contribution in [3.05, 3.63) is 53.3 Å². The standard InChI is InChI=1S/C22H26N2O6/c1-3-29-21(26)18-17(13-30-20(25)15-7-5-4-6-8-15)23-22(27)24-19(18)14-9-11-16(28-2)12-10-14/h4-5,9-12,15,19H,3,6-8,13H2,1-2H3,(H2,23,24,27)/t15-,19-/m0/s1. The van der Waals surface area contributed by atoms with Crippen LogP contribution in [0, 0.1) is 5.92 Å². The summed E-state index contributed by atoms with van der Waals surface area (Å²) in [5, 5.41) is 5.34. The number of ether oxygens (including phenoxy) is 3. The molecule has 0 saturated carbocycles. The quantitative estimate of drug-likeness (QED) is 0.525. The summed E-state index contributed by atoms with van der Waals surface area (Å²) in [6, 6.07) is 5.76. The molecule has 8 nitrogen and oxygen atoms in total. The van der Waals surface area contributed by atoms with E-state index in [9.17, 15) is 14.4 Å². The molecule has 8 heteroatoms. The SMILES string of the molecule is CCOC(=O)C1=C(COC(=O)[C@H]2CC=CCC2)NC(=O)N[C@H]1c1ccc(OC)cc1. The number of carbonyl (C=O) groups excluding carboxylic acids is 3. The lowest BCUT2D eigenvalue weighted by molar-refractivity contribution is -0.148. The molecule has 1 aromatic carbocycles. The van der Waals surface area contributed by atoms with Crippen molar-refractivity contribution >= 4 is 18.0 Å². The maximum atomic E-state index is 12.7. The molecule has 2 aliphatic rings. The zero-order valence-corrected chi connectivity index (χ0v) is 17.1. The average molecular weight is 414 g/mol. The number of methoxy groups -OCH3 is 1. The summed E-state index contributed by atoms with van der Waals surface area (Å²) >= 11 is 0. The highest BCUT2D eigenvalue weighted by molar-refractivity contribution is 5.95. The van der Waals surface area contributed by atoms with Crippen LogP contribution >= 0.6 is 0 Å². The first-order chi connectivity index (χ1) is 14.5. The molecule has 2 N–H and O–H groups in total. The smallest absolute Gasteiger partial charge is 0.338 e. The molecule has 1 aliphatic carbocycles. The van der Waals surface area contributed by atoms with E-state index in [0.29, 0.717) is 17.7 Å². The van der Waals surface area contributed by atoms with Crippen LogP contribution in [0.1, 0.15) is 37.8 Å². The van der Waals surface area contributed by atoms with Crippen LogP contribution in [0.15, 0.2) is 47.7 Å². The number of esters is 2. The van der Waals surface area contributed by atoms with Gasteiger partial charge in [-0.3, -0.25) is 4.79 Å². The van der Waals surface area contributed by atoms with Crippen molar-refractivity contribution in [2.45, 2.75) is 32.2 Å². The maximum absolute atomic E-state index is 12.7. The third-order valence-corrected chi connectivity index (χ3v) is 5.06. The van der Waals surface area contributed by atoms with Gasteiger partial charge in [0.25, 0.3) is 0 Å². The Morgan fingerprint density at radius 1 is 1.13 bits per heavy atom. The molecule has 0 spiro atoms. The normalized spacial score (nSPS) is 20.8. The Labute approximate surface area is 175 Å². The second kappa shape index (κ2) is 9.96. The minimum atomic E-state index is -0.741. The fraction of sp³-hybridized carbons (Fsp3) is 0.409. The highest BCUT2D eigenvalue weighted by atomic mass is 16.5. The number of amides is 2. The molecule has 1 aromatic rings. The molecule has 160 valence electrons. The summed E-state index contributed by atoms with van der Waals surface area (Å²) in [5.74, 6) is -0.492. The summed E-state index contributed by atoms with van der Waals surface area (Å²) in [6.45, 7) is 1.66. The molecule has 1 heterocycles. The van der Waals surface area contributed by atoms with Gasteiger partial charge in [-0.25, -0.2) is 9.59 Å². The van der Waals surface area contributed by atoms with E-state index < -0.39 is 18.0 Å². The Balaban J connectivity index is 1.87. The first-order valence-electron chi connectivity index (χ1n) is 9.96. The van der Waals surface area contributed by atoms with Crippen LogP contribution in [0.25, 0.3) is 0 Å². The number of nitrogens with one attached hydrogen (secondary N) is 2. The van der Waals surface area contributed by atoms with Gasteiger partial charge in [0.05, 0.1) is 36.9 Å². The summed E-state index contributed by atoms with van der Waals surface area (Å²) in [4.78, 5) is 37.4. The fourth-order valence-corrected chi connectivity index (χ4v) is 3.50. The summed E-state index contributed by atoms with van der Waals surface area (Å²) < 4.78 is 15.8. The topological polar surface area (TPSA) is 103 Å². The number of hydrogen-bond donors (Lipinski definition) is 2. The number of allylic oxidation sites excluding steroid dienone is 2. The number of carbonyl (C=O) groups is 3. The predicted molar refractivity (Wildman–Crippen MR) is 109 cm³/mol. The molecule has 0 unspecified atom stereocenters. The van der Waals surface area contributed by atoms with Gasteiger partial charge in [-0.1, -0.05) is 24.3 Å². The van der Waals surface area contributed by atoms with Gasteiger partial charge in [0, 0.05) is 0 Å². The van der Waals surface area contributed by atoms with Gasteiger partial charge in [-0.2, -0.15) is 0 Å². The number of hydrogen-bond acceptors (Lipinski definition) is 6. The van der Waals surface area contributed by atoms with Crippen molar-refractivity contribution in [3.8, 4) is 5.75 Å². The van der Waals surface area contributed by atoms with E-state index in [2.05, 4.69) is 10.6 Å². The molecular weight excluding hydrogens is 388 g/mol. The predicted octanol–water partition coefficient (Wildman–Crippen LogP) is 2.77. The summed E-state index contributed by atoms with van der Waals surface area (Å²) in [5.41, 5.74) is 1.10. The molecule has 2 atom stereocenters. The van der Waals surface area contributed by atoms with Crippen LogP contribution in [0.2, 0.25) is 0 Å². The second-order valence-corrected chi connectivity index (χ2v) is 7.01. The van der Waals surface area contributed by atoms with Crippen LogP contribution in [0.3, 0.4) is 0 Å². The summed E-state index contributed by atoms with van der Waals surface area (Å²) in [6.07, 6.45) is 6.19. The highest BCUT2D eigenvalue weighted by Crippen LogP contribution is 2.29. The first kappa shape index (κ1) is 21.4. The largest absolute Gasteiger partial charge is 0.497 e. The van der Waals surface area contributed by atoms with E-state index in [-0.39, 0.29) is 36.4 Å². The lowest BCUT2D eigenvalue weighted by Crippen LogP contribution is -2.47. The Morgan fingerprint density at radius 2 is 1.90 bits per heavy atom. The van der Waals surface area contributed by atoms with Crippen molar-refractivity contribution in [3.63, 3.8) is 0 Å². The molecule has 0 radical (unpaired) electrons. The minimum Gasteiger partial charge on any atom is -0.497 e. The van der Waals surface area contributed by atoms with Crippen molar-refractivity contribution in [1.82, 2.24) is 10.6 Å². The van der Waals surface area contributed by atoms with E-state index in [1.165, 1.54) is 0 Å². The van der Waals surface area contributed by atoms with Gasteiger partial charge in [0.1, 0.15) is 12.4 Å². The lowest BCUT2D eigenvalue weighted by Gasteiger charge is -2.29. The highest BCUT2D eigenvalue weighted by Gasteiger charge is 2.34. The van der Waals surface area contributed by atoms with Crippen molar-refractivity contribution in [1.29, 1.82) is 0 Å². The Hall–Kier alpha value is -3.29. The molecule has 0 fully saturated rings. The summed E-state index contributed by atoms with van der Waals surface area (Å²) in [7, 11) is 1.56. The number of rotatable bonds is 7. The van der Waals surface area contributed by atoms with Crippen LogP contribution < -0.4 is 15.4 Å². The molecule has 0 saturated heterocycles. The Bertz CT molecular complexity index is 859. The molecule has 2 amide bonds. The van der Waals surface area contributed by atoms with Crippen LogP contribution in [-0.2, 0) is 19.1 Å². The van der Waals surface area contributed by atoms with E-state index >= 15 is 0 Å². The van der Waals surface area contributed by atoms with E-state index in [0.717, 1.165) is 12.8 Å². The zero-order chi connectivity index (χ0) is 21.5. The monoisotopic (exact) mass is 414 g/mol. The van der Waals surface area contributed by atoms with Crippen molar-refractivity contribution in [2.24, 2.45) is 5.92 Å². The molecule has 1 aliphatic heterocycles. The average Bonchev–Trinajstić information content (AvgIpc) is 2.77. The number of benzene rings is 1. The minimum absolute atomic E-state index is 0.174. The van der Waals surface area contributed by atoms with E-state index in [4.69, 9.17) is 14.2 Å². The van der Waals surface area contributed by atoms with Gasteiger partial charge in [-0.05, 0) is 43.9 Å². The van der Waals surface area contributed by atoms with Crippen LogP contribution in [-0.4, -0.2) is 38.3 Å². The molecule has 0 aromatic heterocycles. The molecule has 0 bridgehead atoms. The van der Waals surface area contributed by atoms with Crippen molar-refractivity contribution < 1.29 is 28.6 Å². The molecule has 3 rings (SSSR count). The second-order valence-electron chi connectivity index (χ2n) is 7.01. The van der Waals surface area contributed by atoms with E-state index in [1.807, 2.05) is 12.2 Å². The van der Waals surface area contributed by atoms with Crippen LogP contribution in [0.4, 0.5) is 4.79 Å².